The molecule has 2 rings (SSSR count). The van der Waals surface area contributed by atoms with Crippen molar-refractivity contribution in [3.63, 3.8) is 0 Å². The summed E-state index contributed by atoms with van der Waals surface area (Å²) < 4.78 is 19.0. The van der Waals surface area contributed by atoms with Crippen LogP contribution >= 0.6 is 0 Å². The van der Waals surface area contributed by atoms with E-state index in [0.717, 1.165) is 13.0 Å². The molecule has 1 aliphatic heterocycles. The fourth-order valence-corrected chi connectivity index (χ4v) is 1.82. The smallest absolute Gasteiger partial charge is 0.167 e. The highest BCUT2D eigenvalue weighted by Gasteiger charge is 2.15. The summed E-state index contributed by atoms with van der Waals surface area (Å²) in [6.07, 6.45) is 2.30. The van der Waals surface area contributed by atoms with Crippen LogP contribution in [0, 0.1) is 12.7 Å². The van der Waals surface area contributed by atoms with E-state index >= 15 is 0 Å². The Labute approximate surface area is 89.4 Å². The molecular formula is C12H16FNO. The van der Waals surface area contributed by atoms with E-state index in [1.807, 2.05) is 6.07 Å². The Balaban J connectivity index is 1.95. The molecule has 1 aromatic rings. The maximum Gasteiger partial charge on any atom is 0.167 e. The lowest BCUT2D eigenvalue weighted by Gasteiger charge is -2.13. The molecule has 15 heavy (non-hydrogen) atoms. The summed E-state index contributed by atoms with van der Waals surface area (Å²) in [7, 11) is 0. The second-order valence-electron chi connectivity index (χ2n) is 3.99. The fourth-order valence-electron chi connectivity index (χ4n) is 1.82. The topological polar surface area (TPSA) is 21.3 Å². The van der Waals surface area contributed by atoms with Crippen molar-refractivity contribution in [2.45, 2.75) is 25.8 Å². The molecule has 1 aliphatic rings. The molecule has 1 fully saturated rings. The van der Waals surface area contributed by atoms with E-state index in [1.54, 1.807) is 19.1 Å². The summed E-state index contributed by atoms with van der Waals surface area (Å²) in [5.74, 6) is 0.124. The number of aryl methyl sites for hydroxylation is 1. The molecule has 0 aromatic heterocycles. The van der Waals surface area contributed by atoms with Crippen LogP contribution < -0.4 is 10.1 Å². The largest absolute Gasteiger partial charge is 0.489 e. The molecule has 0 amide bonds. The molecule has 0 radical (unpaired) electrons. The SMILES string of the molecule is Cc1cccc(OC[C@@H]2CCCN2)c1F. The zero-order valence-electron chi connectivity index (χ0n) is 8.92. The molecule has 0 spiro atoms. The van der Waals surface area contributed by atoms with Crippen molar-refractivity contribution in [1.29, 1.82) is 0 Å². The minimum absolute atomic E-state index is 0.240. The van der Waals surface area contributed by atoms with Crippen molar-refractivity contribution in [3.05, 3.63) is 29.6 Å². The normalized spacial score (nSPS) is 20.5. The third kappa shape index (κ3) is 2.48. The zero-order chi connectivity index (χ0) is 10.7. The molecule has 0 unspecified atom stereocenters. The highest BCUT2D eigenvalue weighted by molar-refractivity contribution is 5.30. The van der Waals surface area contributed by atoms with E-state index in [4.69, 9.17) is 4.74 Å². The van der Waals surface area contributed by atoms with Crippen LogP contribution in [0.2, 0.25) is 0 Å². The standard InChI is InChI=1S/C12H16FNO/c1-9-4-2-6-11(12(9)13)15-8-10-5-3-7-14-10/h2,4,6,10,14H,3,5,7-8H2,1H3/t10-/m0/s1. The first-order valence-electron chi connectivity index (χ1n) is 5.38. The van der Waals surface area contributed by atoms with Crippen LogP contribution in [-0.2, 0) is 0 Å². The third-order valence-corrected chi connectivity index (χ3v) is 2.76. The van der Waals surface area contributed by atoms with Gasteiger partial charge in [-0.2, -0.15) is 0 Å². The maximum atomic E-state index is 13.5. The van der Waals surface area contributed by atoms with Gasteiger partial charge >= 0.3 is 0 Å². The van der Waals surface area contributed by atoms with E-state index < -0.39 is 0 Å². The molecule has 3 heteroatoms. The number of halogens is 1. The van der Waals surface area contributed by atoms with Crippen LogP contribution in [0.25, 0.3) is 0 Å². The zero-order valence-corrected chi connectivity index (χ0v) is 8.92. The van der Waals surface area contributed by atoms with Gasteiger partial charge in [0.25, 0.3) is 0 Å². The molecule has 0 aliphatic carbocycles. The Morgan fingerprint density at radius 3 is 3.13 bits per heavy atom. The van der Waals surface area contributed by atoms with Crippen molar-refractivity contribution in [2.24, 2.45) is 0 Å². The number of hydrogen-bond acceptors (Lipinski definition) is 2. The summed E-state index contributed by atoms with van der Waals surface area (Å²) in [4.78, 5) is 0. The predicted octanol–water partition coefficient (Wildman–Crippen LogP) is 2.26. The quantitative estimate of drug-likeness (QED) is 0.824. The van der Waals surface area contributed by atoms with Crippen molar-refractivity contribution in [3.8, 4) is 5.75 Å². The van der Waals surface area contributed by atoms with Gasteiger partial charge in [-0.1, -0.05) is 12.1 Å². The number of hydrogen-bond donors (Lipinski definition) is 1. The molecule has 0 bridgehead atoms. The van der Waals surface area contributed by atoms with Crippen molar-refractivity contribution in [1.82, 2.24) is 5.32 Å². The summed E-state index contributed by atoms with van der Waals surface area (Å²) in [5, 5.41) is 3.31. The average molecular weight is 209 g/mol. The van der Waals surface area contributed by atoms with Gasteiger partial charge in [-0.15, -0.1) is 0 Å². The Hall–Kier alpha value is -1.09. The average Bonchev–Trinajstić information content (AvgIpc) is 2.73. The van der Waals surface area contributed by atoms with Crippen LogP contribution in [0.3, 0.4) is 0 Å². The van der Waals surface area contributed by atoms with Crippen molar-refractivity contribution in [2.75, 3.05) is 13.2 Å². The number of rotatable bonds is 3. The van der Waals surface area contributed by atoms with Crippen LogP contribution in [0.4, 0.5) is 4.39 Å². The highest BCUT2D eigenvalue weighted by Crippen LogP contribution is 2.20. The second kappa shape index (κ2) is 4.62. The lowest BCUT2D eigenvalue weighted by atomic mass is 10.2. The molecule has 1 N–H and O–H groups in total. The van der Waals surface area contributed by atoms with Crippen LogP contribution in [-0.4, -0.2) is 19.2 Å². The Kier molecular flexibility index (Phi) is 3.21. The maximum absolute atomic E-state index is 13.5. The minimum Gasteiger partial charge on any atom is -0.489 e. The van der Waals surface area contributed by atoms with Gasteiger partial charge in [0, 0.05) is 6.04 Å². The van der Waals surface area contributed by atoms with Crippen LogP contribution in [0.5, 0.6) is 5.75 Å². The lowest BCUT2D eigenvalue weighted by molar-refractivity contribution is 0.265. The molecule has 0 saturated carbocycles. The molecule has 1 heterocycles. The summed E-state index contributed by atoms with van der Waals surface area (Å²) in [6.45, 7) is 3.35. The summed E-state index contributed by atoms with van der Waals surface area (Å²) in [5.41, 5.74) is 0.631. The van der Waals surface area contributed by atoms with E-state index in [0.29, 0.717) is 24.0 Å². The first-order valence-corrected chi connectivity index (χ1v) is 5.38. The monoisotopic (exact) mass is 209 g/mol. The lowest BCUT2D eigenvalue weighted by Crippen LogP contribution is -2.28. The van der Waals surface area contributed by atoms with Gasteiger partial charge in [0.05, 0.1) is 0 Å². The van der Waals surface area contributed by atoms with Crippen LogP contribution in [0.15, 0.2) is 18.2 Å². The van der Waals surface area contributed by atoms with Gasteiger partial charge < -0.3 is 10.1 Å². The third-order valence-electron chi connectivity index (χ3n) is 2.76. The van der Waals surface area contributed by atoms with E-state index in [1.165, 1.54) is 6.42 Å². The van der Waals surface area contributed by atoms with E-state index in [-0.39, 0.29) is 5.82 Å². The summed E-state index contributed by atoms with van der Waals surface area (Å²) in [6, 6.07) is 5.62. The molecular weight excluding hydrogens is 193 g/mol. The summed E-state index contributed by atoms with van der Waals surface area (Å²) >= 11 is 0. The molecule has 2 nitrogen and oxygen atoms in total. The van der Waals surface area contributed by atoms with Gasteiger partial charge in [0.1, 0.15) is 6.61 Å². The van der Waals surface area contributed by atoms with Gasteiger partial charge in [-0.3, -0.25) is 0 Å². The minimum atomic E-state index is -0.240. The molecule has 82 valence electrons. The van der Waals surface area contributed by atoms with Gasteiger partial charge in [-0.25, -0.2) is 4.39 Å². The Morgan fingerprint density at radius 1 is 1.53 bits per heavy atom. The second-order valence-corrected chi connectivity index (χ2v) is 3.99. The number of nitrogens with one attached hydrogen (secondary N) is 1. The van der Waals surface area contributed by atoms with E-state index in [2.05, 4.69) is 5.32 Å². The van der Waals surface area contributed by atoms with E-state index in [9.17, 15) is 4.39 Å². The predicted molar refractivity (Wildman–Crippen MR) is 57.7 cm³/mol. The molecule has 1 saturated heterocycles. The Morgan fingerprint density at radius 2 is 2.40 bits per heavy atom. The van der Waals surface area contributed by atoms with Gasteiger partial charge in [0.15, 0.2) is 11.6 Å². The fraction of sp³-hybridized carbons (Fsp3) is 0.500. The number of benzene rings is 1. The first kappa shape index (κ1) is 10.4. The van der Waals surface area contributed by atoms with Gasteiger partial charge in [0.2, 0.25) is 0 Å². The van der Waals surface area contributed by atoms with Crippen molar-refractivity contribution < 1.29 is 9.13 Å². The van der Waals surface area contributed by atoms with Gasteiger partial charge in [-0.05, 0) is 37.9 Å². The number of ether oxygens (including phenoxy) is 1. The first-order chi connectivity index (χ1) is 7.27. The van der Waals surface area contributed by atoms with Crippen molar-refractivity contribution >= 4 is 0 Å². The molecule has 1 atom stereocenters. The highest BCUT2D eigenvalue weighted by atomic mass is 19.1. The van der Waals surface area contributed by atoms with Crippen LogP contribution in [0.1, 0.15) is 18.4 Å². The Bertz CT molecular complexity index is 334. The molecule has 1 aromatic carbocycles.